The van der Waals surface area contributed by atoms with Crippen molar-refractivity contribution in [1.29, 1.82) is 0 Å². The normalized spacial score (nSPS) is 11.9. The number of aromatic hydroxyl groups is 1. The highest BCUT2D eigenvalue weighted by Gasteiger charge is 2.16. The molecule has 0 atom stereocenters. The second-order valence-corrected chi connectivity index (χ2v) is 6.95. The van der Waals surface area contributed by atoms with Gasteiger partial charge in [-0.1, -0.05) is 0 Å². The van der Waals surface area contributed by atoms with Crippen LogP contribution in [0.3, 0.4) is 0 Å². The number of aromatic amines is 1. The number of carbonyl (C=O) groups excluding carboxylic acids is 1. The number of primary sulfonamides is 1. The quantitative estimate of drug-likeness (QED) is 0.349. The second-order valence-electron chi connectivity index (χ2n) is 5.38. The van der Waals surface area contributed by atoms with Crippen LogP contribution in [0.2, 0.25) is 0 Å². The van der Waals surface area contributed by atoms with E-state index in [1.54, 1.807) is 0 Å². The van der Waals surface area contributed by atoms with Crippen molar-refractivity contribution in [3.8, 4) is 5.88 Å². The summed E-state index contributed by atoms with van der Waals surface area (Å²) in [5, 5.41) is 33.1. The number of rotatable bonds is 4. The van der Waals surface area contributed by atoms with E-state index in [-0.39, 0.29) is 27.2 Å². The van der Waals surface area contributed by atoms with Gasteiger partial charge in [-0.25, -0.2) is 13.6 Å². The average molecular weight is 389 g/mol. The van der Waals surface area contributed by atoms with Gasteiger partial charge in [0.1, 0.15) is 0 Å². The highest BCUT2D eigenvalue weighted by atomic mass is 32.2. The number of nitro benzene ring substituents is 1. The number of benzene rings is 2. The van der Waals surface area contributed by atoms with Crippen LogP contribution < -0.4 is 5.14 Å². The molecule has 0 aliphatic carbocycles. The second kappa shape index (κ2) is 6.59. The molecule has 1 aromatic heterocycles. The predicted octanol–water partition coefficient (Wildman–Crippen LogP) is 2.35. The van der Waals surface area contributed by atoms with Gasteiger partial charge in [-0.3, -0.25) is 14.9 Å². The number of hydrogen-bond donors (Lipinski definition) is 3. The Labute approximate surface area is 151 Å². The SMILES string of the molecule is NS(=O)(=O)c1ccc(C(=O)N=Nc2c(O)[nH]c3ccc([N+](=O)[O-])cc23)cc1. The van der Waals surface area contributed by atoms with E-state index >= 15 is 0 Å². The molecule has 27 heavy (non-hydrogen) atoms. The molecule has 0 aliphatic heterocycles. The number of azo groups is 1. The van der Waals surface area contributed by atoms with Crippen molar-refractivity contribution in [3.05, 3.63) is 58.1 Å². The third-order valence-corrected chi connectivity index (χ3v) is 4.55. The number of nitrogens with two attached hydrogens (primary N) is 1. The number of H-pyrrole nitrogens is 1. The van der Waals surface area contributed by atoms with Crippen LogP contribution >= 0.6 is 0 Å². The van der Waals surface area contributed by atoms with Crippen molar-refractivity contribution >= 4 is 38.2 Å². The summed E-state index contributed by atoms with van der Waals surface area (Å²) in [5.74, 6) is -1.22. The average Bonchev–Trinajstić information content (AvgIpc) is 2.93. The Morgan fingerprint density at radius 2 is 1.85 bits per heavy atom. The number of hydrogen-bond acceptors (Lipinski definition) is 7. The van der Waals surface area contributed by atoms with Crippen molar-refractivity contribution in [2.45, 2.75) is 4.90 Å². The van der Waals surface area contributed by atoms with Crippen LogP contribution in [0.1, 0.15) is 10.4 Å². The molecule has 1 heterocycles. The number of nitrogens with one attached hydrogen (secondary N) is 1. The van der Waals surface area contributed by atoms with Gasteiger partial charge in [0.05, 0.1) is 15.3 Å². The molecule has 138 valence electrons. The van der Waals surface area contributed by atoms with Crippen molar-refractivity contribution < 1.29 is 23.2 Å². The van der Waals surface area contributed by atoms with Crippen LogP contribution in [0, 0.1) is 10.1 Å². The lowest BCUT2D eigenvalue weighted by atomic mass is 10.2. The van der Waals surface area contributed by atoms with E-state index in [4.69, 9.17) is 5.14 Å². The Kier molecular flexibility index (Phi) is 4.43. The third-order valence-electron chi connectivity index (χ3n) is 3.62. The first-order chi connectivity index (χ1) is 12.7. The van der Waals surface area contributed by atoms with Gasteiger partial charge in [0.2, 0.25) is 15.9 Å². The topological polar surface area (TPSA) is 181 Å². The molecule has 3 aromatic rings. The number of carbonyl (C=O) groups is 1. The van der Waals surface area contributed by atoms with Crippen LogP contribution in [-0.4, -0.2) is 29.3 Å². The number of non-ortho nitro benzene ring substituents is 1. The molecular formula is C15H11N5O6S. The number of nitrogens with zero attached hydrogens (tertiary/aromatic N) is 3. The molecular weight excluding hydrogens is 378 g/mol. The lowest BCUT2D eigenvalue weighted by Gasteiger charge is -1.98. The molecule has 0 aliphatic rings. The molecule has 2 aromatic carbocycles. The summed E-state index contributed by atoms with van der Waals surface area (Å²) >= 11 is 0. The minimum atomic E-state index is -3.89. The van der Waals surface area contributed by atoms with E-state index in [9.17, 15) is 28.4 Å². The van der Waals surface area contributed by atoms with E-state index in [2.05, 4.69) is 15.2 Å². The molecule has 0 saturated heterocycles. The van der Waals surface area contributed by atoms with E-state index in [0.29, 0.717) is 5.52 Å². The third kappa shape index (κ3) is 3.65. The van der Waals surface area contributed by atoms with E-state index in [1.165, 1.54) is 30.3 Å². The largest absolute Gasteiger partial charge is 0.493 e. The van der Waals surface area contributed by atoms with Gasteiger partial charge in [0, 0.05) is 23.1 Å². The van der Waals surface area contributed by atoms with Gasteiger partial charge in [0.25, 0.3) is 11.6 Å². The van der Waals surface area contributed by atoms with Gasteiger partial charge in [0.15, 0.2) is 5.69 Å². The fraction of sp³-hybridized carbons (Fsp3) is 0. The summed E-state index contributed by atoms with van der Waals surface area (Å²) in [5.41, 5.74) is 0.0551. The number of amides is 1. The van der Waals surface area contributed by atoms with Gasteiger partial charge >= 0.3 is 0 Å². The monoisotopic (exact) mass is 389 g/mol. The van der Waals surface area contributed by atoms with Crippen LogP contribution in [0.5, 0.6) is 5.88 Å². The first-order valence-corrected chi connectivity index (χ1v) is 8.79. The zero-order valence-electron chi connectivity index (χ0n) is 13.4. The maximum atomic E-state index is 12.1. The number of sulfonamides is 1. The van der Waals surface area contributed by atoms with E-state index in [0.717, 1.165) is 12.1 Å². The van der Waals surface area contributed by atoms with Gasteiger partial charge in [-0.15, -0.1) is 10.2 Å². The maximum absolute atomic E-state index is 12.1. The van der Waals surface area contributed by atoms with Crippen molar-refractivity contribution in [1.82, 2.24) is 4.98 Å². The Hall–Kier alpha value is -3.64. The van der Waals surface area contributed by atoms with Crippen molar-refractivity contribution in [2.24, 2.45) is 15.4 Å². The summed E-state index contributed by atoms with van der Waals surface area (Å²) in [4.78, 5) is 24.8. The fourth-order valence-electron chi connectivity index (χ4n) is 2.31. The fourth-order valence-corrected chi connectivity index (χ4v) is 2.82. The molecule has 0 saturated carbocycles. The Balaban J connectivity index is 1.93. The number of aromatic nitrogens is 1. The van der Waals surface area contributed by atoms with E-state index < -0.39 is 26.7 Å². The first kappa shape index (κ1) is 18.2. The summed E-state index contributed by atoms with van der Waals surface area (Å²) in [7, 11) is -3.89. The Bertz CT molecular complexity index is 1200. The summed E-state index contributed by atoms with van der Waals surface area (Å²) < 4.78 is 22.4. The number of fused-ring (bicyclic) bond motifs is 1. The summed E-state index contributed by atoms with van der Waals surface area (Å²) in [6.45, 7) is 0. The lowest BCUT2D eigenvalue weighted by molar-refractivity contribution is -0.384. The minimum absolute atomic E-state index is 0.0384. The number of nitro groups is 1. The molecule has 1 amide bonds. The molecule has 0 spiro atoms. The van der Waals surface area contributed by atoms with Crippen LogP contribution in [0.25, 0.3) is 10.9 Å². The minimum Gasteiger partial charge on any atom is -0.493 e. The molecule has 0 radical (unpaired) electrons. The van der Waals surface area contributed by atoms with Crippen LogP contribution in [-0.2, 0) is 10.0 Å². The Morgan fingerprint density at radius 1 is 1.19 bits per heavy atom. The summed E-state index contributed by atoms with van der Waals surface area (Å²) in [6, 6.07) is 8.53. The van der Waals surface area contributed by atoms with E-state index in [1.807, 2.05) is 0 Å². The molecule has 0 fully saturated rings. The summed E-state index contributed by atoms with van der Waals surface area (Å²) in [6.07, 6.45) is 0. The van der Waals surface area contributed by atoms with Gasteiger partial charge < -0.3 is 10.1 Å². The first-order valence-electron chi connectivity index (χ1n) is 7.25. The standard InChI is InChI=1S/C15H11N5O6S/c16-27(25,26)10-4-1-8(2-5-10)14(21)19-18-13-11-7-9(20(23)24)3-6-12(11)17-15(13)22/h1-7,17,22H,(H2,16,25,26). The Morgan fingerprint density at radius 3 is 2.44 bits per heavy atom. The van der Waals surface area contributed by atoms with Crippen molar-refractivity contribution in [2.75, 3.05) is 0 Å². The highest BCUT2D eigenvalue weighted by Crippen LogP contribution is 2.37. The van der Waals surface area contributed by atoms with Crippen LogP contribution in [0.15, 0.2) is 57.6 Å². The molecule has 0 bridgehead atoms. The molecule has 3 rings (SSSR count). The molecule has 4 N–H and O–H groups in total. The molecule has 0 unspecified atom stereocenters. The maximum Gasteiger partial charge on any atom is 0.295 e. The highest BCUT2D eigenvalue weighted by molar-refractivity contribution is 7.89. The van der Waals surface area contributed by atoms with Gasteiger partial charge in [-0.2, -0.15) is 0 Å². The molecule has 12 heteroatoms. The predicted molar refractivity (Wildman–Crippen MR) is 93.3 cm³/mol. The lowest BCUT2D eigenvalue weighted by Crippen LogP contribution is -2.12. The van der Waals surface area contributed by atoms with Crippen LogP contribution in [0.4, 0.5) is 11.4 Å². The zero-order valence-corrected chi connectivity index (χ0v) is 14.2. The zero-order chi connectivity index (χ0) is 19.8. The van der Waals surface area contributed by atoms with Gasteiger partial charge in [-0.05, 0) is 30.3 Å². The molecule has 11 nitrogen and oxygen atoms in total. The smallest absolute Gasteiger partial charge is 0.295 e. The van der Waals surface area contributed by atoms with Crippen molar-refractivity contribution in [3.63, 3.8) is 0 Å².